The van der Waals surface area contributed by atoms with Gasteiger partial charge in [-0.1, -0.05) is 36.4 Å². The van der Waals surface area contributed by atoms with Crippen molar-refractivity contribution >= 4 is 31.4 Å². The lowest BCUT2D eigenvalue weighted by Crippen LogP contribution is -2.04. The van der Waals surface area contributed by atoms with Crippen molar-refractivity contribution in [3.63, 3.8) is 0 Å². The summed E-state index contributed by atoms with van der Waals surface area (Å²) in [5.41, 5.74) is 0. The maximum Gasteiger partial charge on any atom is 0.287 e. The van der Waals surface area contributed by atoms with Gasteiger partial charge in [0.05, 0.1) is 0 Å². The van der Waals surface area contributed by atoms with Crippen LogP contribution in [0.1, 0.15) is 0 Å². The van der Waals surface area contributed by atoms with E-state index in [-0.39, 0.29) is 15.4 Å². The lowest BCUT2D eigenvalue weighted by molar-refractivity contribution is 0.509. The third-order valence-electron chi connectivity index (χ3n) is 2.24. The van der Waals surface area contributed by atoms with Crippen LogP contribution in [0.15, 0.2) is 47.4 Å². The van der Waals surface area contributed by atoms with Gasteiger partial charge in [-0.15, -0.1) is 0 Å². The standard InChI is InChI=1S/C10H10O3SSi/c11-14(12,13-15)10-7-3-5-8-4-1-2-6-9(8)10/h1-7H,15H3. The SMILES string of the molecule is O=S(=O)(O[SiH3])c1cccc2ccccc12. The van der Waals surface area contributed by atoms with Gasteiger partial charge in [-0.2, -0.15) is 8.42 Å². The van der Waals surface area contributed by atoms with E-state index in [0.717, 1.165) is 5.39 Å². The van der Waals surface area contributed by atoms with Crippen molar-refractivity contribution < 1.29 is 12.3 Å². The smallest absolute Gasteiger partial charge is 0.287 e. The number of hydrogen-bond acceptors (Lipinski definition) is 3. The third-order valence-corrected chi connectivity index (χ3v) is 4.89. The molecule has 3 nitrogen and oxygen atoms in total. The van der Waals surface area contributed by atoms with Gasteiger partial charge in [0, 0.05) is 5.39 Å². The monoisotopic (exact) mass is 238 g/mol. The Kier molecular flexibility index (Phi) is 2.60. The van der Waals surface area contributed by atoms with Crippen LogP contribution in [0, 0.1) is 0 Å². The van der Waals surface area contributed by atoms with Crippen molar-refractivity contribution in [1.29, 1.82) is 0 Å². The molecule has 2 aromatic rings. The third kappa shape index (κ3) is 1.81. The highest BCUT2D eigenvalue weighted by Gasteiger charge is 2.14. The van der Waals surface area contributed by atoms with Gasteiger partial charge in [0.15, 0.2) is 10.5 Å². The Bertz CT molecular complexity index is 587. The minimum atomic E-state index is -3.56. The Labute approximate surface area is 91.4 Å². The average molecular weight is 238 g/mol. The average Bonchev–Trinajstić information content (AvgIpc) is 2.28. The summed E-state index contributed by atoms with van der Waals surface area (Å²) in [6.07, 6.45) is 0. The molecule has 0 spiro atoms. The molecule has 0 N–H and O–H groups in total. The highest BCUT2D eigenvalue weighted by atomic mass is 32.2. The van der Waals surface area contributed by atoms with Crippen molar-refractivity contribution in [3.8, 4) is 0 Å². The Balaban J connectivity index is 2.83. The summed E-state index contributed by atoms with van der Waals surface area (Å²) in [6.45, 7) is 0. The number of benzene rings is 2. The molecule has 0 aliphatic heterocycles. The van der Waals surface area contributed by atoms with E-state index < -0.39 is 10.1 Å². The largest absolute Gasteiger partial charge is 0.323 e. The molecule has 0 aliphatic carbocycles. The fourth-order valence-electron chi connectivity index (χ4n) is 1.50. The Morgan fingerprint density at radius 2 is 1.67 bits per heavy atom. The molecule has 0 amide bonds. The van der Waals surface area contributed by atoms with Crippen LogP contribution in [-0.2, 0) is 14.0 Å². The fraction of sp³-hybridized carbons (Fsp3) is 0. The van der Waals surface area contributed by atoms with Crippen LogP contribution in [0.25, 0.3) is 10.8 Å². The van der Waals surface area contributed by atoms with E-state index in [2.05, 4.69) is 3.87 Å². The fourth-order valence-corrected chi connectivity index (χ4v) is 2.92. The van der Waals surface area contributed by atoms with Gasteiger partial charge in [-0.05, 0) is 11.5 Å². The van der Waals surface area contributed by atoms with Crippen molar-refractivity contribution in [2.24, 2.45) is 0 Å². The molecule has 2 rings (SSSR count). The van der Waals surface area contributed by atoms with Crippen LogP contribution in [0.3, 0.4) is 0 Å². The van der Waals surface area contributed by atoms with E-state index in [1.54, 1.807) is 18.2 Å². The first-order valence-electron chi connectivity index (χ1n) is 4.43. The van der Waals surface area contributed by atoms with Gasteiger partial charge in [-0.25, -0.2) is 0 Å². The second-order valence-electron chi connectivity index (χ2n) is 3.10. The number of fused-ring (bicyclic) bond motifs is 1. The molecule has 0 heterocycles. The molecule has 0 unspecified atom stereocenters. The van der Waals surface area contributed by atoms with Gasteiger partial charge in [0.25, 0.3) is 10.1 Å². The minimum absolute atomic E-state index is 0.170. The quantitative estimate of drug-likeness (QED) is 0.728. The van der Waals surface area contributed by atoms with Crippen LogP contribution in [0.2, 0.25) is 0 Å². The molecule has 0 saturated carbocycles. The van der Waals surface area contributed by atoms with Crippen molar-refractivity contribution in [2.45, 2.75) is 4.90 Å². The van der Waals surface area contributed by atoms with Crippen LogP contribution in [-0.4, -0.2) is 18.9 Å². The van der Waals surface area contributed by atoms with Crippen LogP contribution < -0.4 is 0 Å². The first kappa shape index (κ1) is 10.3. The number of hydrogen-bond donors (Lipinski definition) is 0. The molecule has 0 aromatic heterocycles. The zero-order chi connectivity index (χ0) is 10.9. The van der Waals surface area contributed by atoms with Gasteiger partial charge in [0.2, 0.25) is 0 Å². The predicted molar refractivity (Wildman–Crippen MR) is 62.2 cm³/mol. The first-order valence-corrected chi connectivity index (χ1v) is 6.66. The van der Waals surface area contributed by atoms with Gasteiger partial charge in [-0.3, -0.25) is 0 Å². The summed E-state index contributed by atoms with van der Waals surface area (Å²) in [6, 6.07) is 12.5. The lowest BCUT2D eigenvalue weighted by atomic mass is 10.1. The van der Waals surface area contributed by atoms with E-state index in [1.165, 1.54) is 0 Å². The maximum absolute atomic E-state index is 11.6. The van der Waals surface area contributed by atoms with Crippen LogP contribution in [0.4, 0.5) is 0 Å². The van der Waals surface area contributed by atoms with Gasteiger partial charge < -0.3 is 3.87 Å². The zero-order valence-corrected chi connectivity index (χ0v) is 11.0. The Morgan fingerprint density at radius 3 is 2.40 bits per heavy atom. The summed E-state index contributed by atoms with van der Waals surface area (Å²) >= 11 is 0. The molecular formula is C10H10O3SSi. The van der Waals surface area contributed by atoms with E-state index >= 15 is 0 Å². The summed E-state index contributed by atoms with van der Waals surface area (Å²) < 4.78 is 27.9. The van der Waals surface area contributed by atoms with Crippen LogP contribution >= 0.6 is 0 Å². The molecule has 2 aromatic carbocycles. The van der Waals surface area contributed by atoms with Crippen molar-refractivity contribution in [2.75, 3.05) is 0 Å². The van der Waals surface area contributed by atoms with Gasteiger partial charge >= 0.3 is 0 Å². The van der Waals surface area contributed by atoms with E-state index in [0.29, 0.717) is 5.39 Å². The molecule has 78 valence electrons. The molecule has 0 radical (unpaired) electrons. The predicted octanol–water partition coefficient (Wildman–Crippen LogP) is 0.826. The normalized spacial score (nSPS) is 12.0. The topological polar surface area (TPSA) is 43.4 Å². The summed E-state index contributed by atoms with van der Waals surface area (Å²) in [5.74, 6) is 0. The molecule has 5 heteroatoms. The van der Waals surface area contributed by atoms with Crippen molar-refractivity contribution in [3.05, 3.63) is 42.5 Å². The molecule has 15 heavy (non-hydrogen) atoms. The summed E-state index contributed by atoms with van der Waals surface area (Å²) in [7, 11) is -3.39. The number of rotatable bonds is 2. The summed E-state index contributed by atoms with van der Waals surface area (Å²) in [4.78, 5) is 0.246. The minimum Gasteiger partial charge on any atom is -0.323 e. The molecule has 0 saturated heterocycles. The van der Waals surface area contributed by atoms with E-state index in [4.69, 9.17) is 0 Å². The molecule has 0 fully saturated rings. The van der Waals surface area contributed by atoms with Gasteiger partial charge in [0.1, 0.15) is 4.90 Å². The highest BCUT2D eigenvalue weighted by molar-refractivity contribution is 7.87. The molecule has 0 bridgehead atoms. The second kappa shape index (κ2) is 3.77. The van der Waals surface area contributed by atoms with Crippen LogP contribution in [0.5, 0.6) is 0 Å². The summed E-state index contributed by atoms with van der Waals surface area (Å²) in [5, 5.41) is 1.60. The molecular weight excluding hydrogens is 228 g/mol. The van der Waals surface area contributed by atoms with Crippen molar-refractivity contribution in [1.82, 2.24) is 0 Å². The van der Waals surface area contributed by atoms with E-state index in [9.17, 15) is 8.42 Å². The second-order valence-corrected chi connectivity index (χ2v) is 5.78. The zero-order valence-electron chi connectivity index (χ0n) is 8.17. The highest BCUT2D eigenvalue weighted by Crippen LogP contribution is 2.23. The first-order chi connectivity index (χ1) is 7.15. The maximum atomic E-state index is 11.6. The lowest BCUT2D eigenvalue weighted by Gasteiger charge is -2.05. The Hall–Kier alpha value is -1.17. The van der Waals surface area contributed by atoms with E-state index in [1.807, 2.05) is 24.3 Å². The molecule has 0 atom stereocenters. The Morgan fingerprint density at radius 1 is 1.00 bits per heavy atom. The molecule has 0 aliphatic rings.